The molecular formula is C25H19NO. The molecule has 1 heterocycles. The minimum Gasteiger partial charge on any atom is -0.452 e. The van der Waals surface area contributed by atoms with E-state index in [4.69, 9.17) is 0 Å². The fourth-order valence-corrected chi connectivity index (χ4v) is 3.06. The Morgan fingerprint density at radius 2 is 1.41 bits per heavy atom. The second kappa shape index (κ2) is 8.15. The lowest BCUT2D eigenvalue weighted by Gasteiger charge is -2.05. The average Bonchev–Trinajstić information content (AvgIpc) is 3.32. The fraction of sp³-hybridized carbons (Fsp3) is 0. The molecule has 0 saturated heterocycles. The van der Waals surface area contributed by atoms with Crippen molar-refractivity contribution in [3.63, 3.8) is 0 Å². The van der Waals surface area contributed by atoms with Gasteiger partial charge in [0.15, 0.2) is 6.39 Å². The maximum absolute atomic E-state index is 4.47. The van der Waals surface area contributed by atoms with E-state index >= 15 is 0 Å². The van der Waals surface area contributed by atoms with Gasteiger partial charge in [-0.1, -0.05) is 84.9 Å². The summed E-state index contributed by atoms with van der Waals surface area (Å²) in [6.45, 7) is 0. The van der Waals surface area contributed by atoms with Crippen molar-refractivity contribution in [2.75, 3.05) is 0 Å². The van der Waals surface area contributed by atoms with Gasteiger partial charge in [0.05, 0.1) is 6.20 Å². The first-order chi connectivity index (χ1) is 13.4. The zero-order chi connectivity index (χ0) is 18.3. The largest absolute Gasteiger partial charge is 0.452 e. The third kappa shape index (κ3) is 4.13. The molecule has 2 heteroatoms. The van der Waals surface area contributed by atoms with Crippen LogP contribution in [0.2, 0.25) is 0 Å². The van der Waals surface area contributed by atoms with E-state index in [0.717, 1.165) is 0 Å². The van der Waals surface area contributed by atoms with Gasteiger partial charge in [-0.05, 0) is 44.8 Å². The van der Waals surface area contributed by atoms with Gasteiger partial charge in [0.25, 0.3) is 0 Å². The quantitative estimate of drug-likeness (QED) is 0.258. The summed E-state index contributed by atoms with van der Waals surface area (Å²) in [4.78, 5) is 3.56. The summed E-state index contributed by atoms with van der Waals surface area (Å²) in [6.07, 6.45) is 8.84. The topological polar surface area (TPSA) is 26.0 Å². The van der Waals surface area contributed by atoms with Gasteiger partial charge in [-0.2, -0.15) is 0 Å². The molecular weight excluding hydrogens is 330 g/mol. The third-order valence-electron chi connectivity index (χ3n) is 4.38. The van der Waals surface area contributed by atoms with Gasteiger partial charge in [-0.25, -0.2) is 4.98 Å². The Bertz CT molecular complexity index is 1140. The molecule has 0 amide bonds. The van der Waals surface area contributed by atoms with Crippen molar-refractivity contribution >= 4 is 33.7 Å². The van der Waals surface area contributed by atoms with Crippen molar-refractivity contribution in [3.05, 3.63) is 115 Å². The minimum absolute atomic E-state index is 1.22. The maximum Gasteiger partial charge on any atom is 0.180 e. The Balaban J connectivity index is 0.000000314. The molecule has 27 heavy (non-hydrogen) atoms. The van der Waals surface area contributed by atoms with Gasteiger partial charge in [0, 0.05) is 0 Å². The normalized spacial score (nSPS) is 10.8. The molecule has 0 spiro atoms. The molecule has 0 bridgehead atoms. The molecule has 0 radical (unpaired) electrons. The van der Waals surface area contributed by atoms with Gasteiger partial charge in [0.1, 0.15) is 6.26 Å². The minimum atomic E-state index is 1.22. The Morgan fingerprint density at radius 3 is 2.11 bits per heavy atom. The monoisotopic (exact) mass is 349 g/mol. The van der Waals surface area contributed by atoms with E-state index in [0.29, 0.717) is 0 Å². The maximum atomic E-state index is 4.47. The summed E-state index contributed by atoms with van der Waals surface area (Å²) in [5, 5.41) is 5.16. The molecule has 5 aromatic rings. The van der Waals surface area contributed by atoms with E-state index in [1.54, 1.807) is 6.20 Å². The fourth-order valence-electron chi connectivity index (χ4n) is 3.06. The molecule has 0 aliphatic rings. The first-order valence-corrected chi connectivity index (χ1v) is 8.87. The smallest absolute Gasteiger partial charge is 0.180 e. The highest BCUT2D eigenvalue weighted by atomic mass is 16.3. The summed E-state index contributed by atoms with van der Waals surface area (Å²) >= 11 is 0. The lowest BCUT2D eigenvalue weighted by molar-refractivity contribution is 0.558. The van der Waals surface area contributed by atoms with Crippen LogP contribution in [0.5, 0.6) is 0 Å². The zero-order valence-electron chi connectivity index (χ0n) is 14.8. The van der Waals surface area contributed by atoms with Crippen LogP contribution in [0.15, 0.2) is 108 Å². The number of rotatable bonds is 2. The summed E-state index contributed by atoms with van der Waals surface area (Å²) in [5.74, 6) is 0. The molecule has 1 aromatic heterocycles. The van der Waals surface area contributed by atoms with Crippen LogP contribution in [-0.4, -0.2) is 4.98 Å². The van der Waals surface area contributed by atoms with Crippen LogP contribution in [0.1, 0.15) is 11.1 Å². The molecule has 2 nitrogen and oxygen atoms in total. The summed E-state index contributed by atoms with van der Waals surface area (Å²) in [5.41, 5.74) is 2.48. The molecule has 5 rings (SSSR count). The molecule has 4 aromatic carbocycles. The molecule has 0 aliphatic heterocycles. The van der Waals surface area contributed by atoms with Crippen LogP contribution < -0.4 is 0 Å². The second-order valence-electron chi connectivity index (χ2n) is 6.19. The predicted octanol–water partition coefficient (Wildman–Crippen LogP) is 6.84. The number of oxazole rings is 1. The predicted molar refractivity (Wildman–Crippen MR) is 113 cm³/mol. The van der Waals surface area contributed by atoms with Crippen molar-refractivity contribution in [1.29, 1.82) is 0 Å². The zero-order valence-corrected chi connectivity index (χ0v) is 14.8. The number of nitrogens with zero attached hydrogens (tertiary/aromatic N) is 1. The highest BCUT2D eigenvalue weighted by Crippen LogP contribution is 2.26. The summed E-state index contributed by atoms with van der Waals surface area (Å²) in [6, 6.07) is 30.0. The molecule has 0 atom stereocenters. The van der Waals surface area contributed by atoms with E-state index in [2.05, 4.69) is 100 Å². The van der Waals surface area contributed by atoms with Gasteiger partial charge in [0.2, 0.25) is 0 Å². The van der Waals surface area contributed by atoms with Crippen molar-refractivity contribution in [2.24, 2.45) is 0 Å². The van der Waals surface area contributed by atoms with Gasteiger partial charge >= 0.3 is 0 Å². The van der Waals surface area contributed by atoms with E-state index in [1.807, 2.05) is 6.07 Å². The van der Waals surface area contributed by atoms with Crippen LogP contribution >= 0.6 is 0 Å². The highest BCUT2D eigenvalue weighted by Gasteiger charge is 2.01. The Labute approximate surface area is 158 Å². The lowest BCUT2D eigenvalue weighted by Crippen LogP contribution is -1.80. The van der Waals surface area contributed by atoms with Crippen LogP contribution in [0, 0.1) is 0 Å². The molecule has 0 saturated carbocycles. The number of hydrogen-bond donors (Lipinski definition) is 0. The average molecular weight is 349 g/mol. The van der Waals surface area contributed by atoms with E-state index in [1.165, 1.54) is 45.3 Å². The van der Waals surface area contributed by atoms with Crippen molar-refractivity contribution in [3.8, 4) is 0 Å². The standard InChI is InChI=1S/C22H16.C3H3NO/c1-2-7-17(8-3-1)13-14-18-11-6-12-21-15-19-9-4-5-10-20(19)16-22(18)21;1-2-5-3-4-1/h1-16H;1-3H. The molecule has 0 aliphatic carbocycles. The lowest BCUT2D eigenvalue weighted by atomic mass is 9.99. The van der Waals surface area contributed by atoms with E-state index in [9.17, 15) is 0 Å². The highest BCUT2D eigenvalue weighted by molar-refractivity contribution is 6.02. The van der Waals surface area contributed by atoms with Gasteiger partial charge in [-0.3, -0.25) is 0 Å². The van der Waals surface area contributed by atoms with Gasteiger partial charge < -0.3 is 4.42 Å². The van der Waals surface area contributed by atoms with Crippen molar-refractivity contribution < 1.29 is 4.42 Å². The second-order valence-corrected chi connectivity index (χ2v) is 6.19. The Kier molecular flexibility index (Phi) is 5.07. The number of hydrogen-bond acceptors (Lipinski definition) is 2. The van der Waals surface area contributed by atoms with Crippen LogP contribution in [0.25, 0.3) is 33.7 Å². The van der Waals surface area contributed by atoms with Crippen LogP contribution in [-0.2, 0) is 0 Å². The SMILES string of the molecule is C(=Cc1cccc2cc3ccccc3cc12)c1ccccc1.c1cocn1. The van der Waals surface area contributed by atoms with Crippen LogP contribution in [0.4, 0.5) is 0 Å². The number of benzene rings is 4. The Morgan fingerprint density at radius 1 is 0.667 bits per heavy atom. The van der Waals surface area contributed by atoms with Crippen LogP contribution in [0.3, 0.4) is 0 Å². The van der Waals surface area contributed by atoms with Crippen molar-refractivity contribution in [1.82, 2.24) is 4.98 Å². The van der Waals surface area contributed by atoms with Gasteiger partial charge in [-0.15, -0.1) is 0 Å². The first kappa shape index (κ1) is 16.8. The molecule has 0 unspecified atom stereocenters. The number of fused-ring (bicyclic) bond motifs is 2. The third-order valence-corrected chi connectivity index (χ3v) is 4.38. The summed E-state index contributed by atoms with van der Waals surface area (Å²) < 4.78 is 4.47. The molecule has 130 valence electrons. The summed E-state index contributed by atoms with van der Waals surface area (Å²) in [7, 11) is 0. The van der Waals surface area contributed by atoms with E-state index in [-0.39, 0.29) is 0 Å². The number of aromatic nitrogens is 1. The Hall–Kier alpha value is -3.65. The molecule has 0 N–H and O–H groups in total. The molecule has 0 fully saturated rings. The first-order valence-electron chi connectivity index (χ1n) is 8.87. The van der Waals surface area contributed by atoms with E-state index < -0.39 is 0 Å². The van der Waals surface area contributed by atoms with Crippen molar-refractivity contribution in [2.45, 2.75) is 0 Å².